The van der Waals surface area contributed by atoms with Crippen LogP contribution in [0, 0.1) is 0 Å². The standard InChI is InChI=1S/C12H13ClN2/c13-8-12-14-10-6-1-2-7-11(10)15(12)9-4-3-5-9/h1-2,6-7,9H,3-5,8H2. The lowest BCUT2D eigenvalue weighted by atomic mass is 9.92. The van der Waals surface area contributed by atoms with Crippen LogP contribution in [0.15, 0.2) is 24.3 Å². The van der Waals surface area contributed by atoms with Crippen LogP contribution in [0.4, 0.5) is 0 Å². The molecule has 2 aromatic rings. The average molecular weight is 221 g/mol. The second kappa shape index (κ2) is 3.53. The second-order valence-corrected chi connectivity index (χ2v) is 4.37. The molecule has 78 valence electrons. The number of hydrogen-bond acceptors (Lipinski definition) is 1. The number of aromatic nitrogens is 2. The van der Waals surface area contributed by atoms with Crippen molar-refractivity contribution in [2.75, 3.05) is 0 Å². The van der Waals surface area contributed by atoms with Crippen LogP contribution >= 0.6 is 11.6 Å². The van der Waals surface area contributed by atoms with Gasteiger partial charge in [0.05, 0.1) is 16.9 Å². The van der Waals surface area contributed by atoms with E-state index >= 15 is 0 Å². The average Bonchev–Trinajstić information content (AvgIpc) is 2.55. The summed E-state index contributed by atoms with van der Waals surface area (Å²) in [5, 5.41) is 0. The van der Waals surface area contributed by atoms with E-state index in [0.29, 0.717) is 11.9 Å². The fourth-order valence-electron chi connectivity index (χ4n) is 2.24. The smallest absolute Gasteiger partial charge is 0.125 e. The van der Waals surface area contributed by atoms with Crippen molar-refractivity contribution in [1.29, 1.82) is 0 Å². The van der Waals surface area contributed by atoms with E-state index in [1.165, 1.54) is 24.8 Å². The first-order valence-electron chi connectivity index (χ1n) is 5.42. The maximum Gasteiger partial charge on any atom is 0.125 e. The lowest BCUT2D eigenvalue weighted by Crippen LogP contribution is -2.18. The minimum atomic E-state index is 0.505. The van der Waals surface area contributed by atoms with Gasteiger partial charge in [-0.15, -0.1) is 11.6 Å². The van der Waals surface area contributed by atoms with E-state index in [0.717, 1.165) is 11.3 Å². The molecule has 0 aliphatic heterocycles. The van der Waals surface area contributed by atoms with Crippen LogP contribution in [0.1, 0.15) is 31.1 Å². The summed E-state index contributed by atoms with van der Waals surface area (Å²) in [4.78, 5) is 4.57. The van der Waals surface area contributed by atoms with Gasteiger partial charge in [0.1, 0.15) is 5.82 Å². The van der Waals surface area contributed by atoms with E-state index in [1.807, 2.05) is 6.07 Å². The Labute approximate surface area is 93.9 Å². The molecule has 0 amide bonds. The zero-order valence-electron chi connectivity index (χ0n) is 8.49. The summed E-state index contributed by atoms with van der Waals surface area (Å²) in [5.74, 6) is 1.52. The summed E-state index contributed by atoms with van der Waals surface area (Å²) in [6.45, 7) is 0. The fraction of sp³-hybridized carbons (Fsp3) is 0.417. The van der Waals surface area contributed by atoms with Gasteiger partial charge in [-0.05, 0) is 31.4 Å². The Morgan fingerprint density at radius 1 is 1.33 bits per heavy atom. The second-order valence-electron chi connectivity index (χ2n) is 4.11. The summed E-state index contributed by atoms with van der Waals surface area (Å²) in [5.41, 5.74) is 2.30. The van der Waals surface area contributed by atoms with Crippen molar-refractivity contribution in [1.82, 2.24) is 9.55 Å². The zero-order valence-corrected chi connectivity index (χ0v) is 9.24. The minimum Gasteiger partial charge on any atom is -0.324 e. The van der Waals surface area contributed by atoms with Gasteiger partial charge in [-0.2, -0.15) is 0 Å². The zero-order chi connectivity index (χ0) is 10.3. The number of hydrogen-bond donors (Lipinski definition) is 0. The van der Waals surface area contributed by atoms with Crippen LogP contribution in [-0.2, 0) is 5.88 Å². The summed E-state index contributed by atoms with van der Waals surface area (Å²) in [6, 6.07) is 8.92. The Morgan fingerprint density at radius 3 is 2.80 bits per heavy atom. The Kier molecular flexibility index (Phi) is 2.17. The van der Waals surface area contributed by atoms with Crippen molar-refractivity contribution in [3.8, 4) is 0 Å². The molecule has 1 aliphatic rings. The number of nitrogens with zero attached hydrogens (tertiary/aromatic N) is 2. The summed E-state index contributed by atoms with van der Waals surface area (Å²) in [7, 11) is 0. The molecule has 1 fully saturated rings. The molecule has 0 unspecified atom stereocenters. The van der Waals surface area contributed by atoms with Gasteiger partial charge >= 0.3 is 0 Å². The quantitative estimate of drug-likeness (QED) is 0.709. The summed E-state index contributed by atoms with van der Waals surface area (Å²) >= 11 is 5.95. The highest BCUT2D eigenvalue weighted by atomic mass is 35.5. The largest absolute Gasteiger partial charge is 0.324 e. The van der Waals surface area contributed by atoms with Gasteiger partial charge in [-0.1, -0.05) is 12.1 Å². The van der Waals surface area contributed by atoms with E-state index in [1.54, 1.807) is 0 Å². The number of halogens is 1. The third-order valence-corrected chi connectivity index (χ3v) is 3.47. The molecule has 0 saturated heterocycles. The lowest BCUT2D eigenvalue weighted by Gasteiger charge is -2.28. The highest BCUT2D eigenvalue weighted by Crippen LogP contribution is 2.35. The number of benzene rings is 1. The SMILES string of the molecule is ClCc1nc2ccccc2n1C1CCC1. The molecule has 1 aliphatic carbocycles. The van der Waals surface area contributed by atoms with Gasteiger partial charge in [0.25, 0.3) is 0 Å². The predicted octanol–water partition coefficient (Wildman–Crippen LogP) is 3.50. The van der Waals surface area contributed by atoms with Crippen LogP contribution in [-0.4, -0.2) is 9.55 Å². The molecule has 1 aromatic carbocycles. The van der Waals surface area contributed by atoms with E-state index in [4.69, 9.17) is 11.6 Å². The molecule has 0 atom stereocenters. The third-order valence-electron chi connectivity index (χ3n) is 3.23. The van der Waals surface area contributed by atoms with Crippen molar-refractivity contribution in [3.05, 3.63) is 30.1 Å². The van der Waals surface area contributed by atoms with Gasteiger partial charge in [-0.3, -0.25) is 0 Å². The number of fused-ring (bicyclic) bond motifs is 1. The first kappa shape index (κ1) is 9.22. The number of alkyl halides is 1. The first-order chi connectivity index (χ1) is 7.40. The van der Waals surface area contributed by atoms with E-state index in [2.05, 4.69) is 27.8 Å². The Bertz CT molecular complexity index is 485. The van der Waals surface area contributed by atoms with Crippen molar-refractivity contribution in [2.24, 2.45) is 0 Å². The van der Waals surface area contributed by atoms with Crippen molar-refractivity contribution in [2.45, 2.75) is 31.2 Å². The van der Waals surface area contributed by atoms with Gasteiger partial charge in [0.2, 0.25) is 0 Å². The fourth-order valence-corrected chi connectivity index (χ4v) is 2.43. The molecule has 3 heteroatoms. The molecule has 1 heterocycles. The normalized spacial score (nSPS) is 16.9. The van der Waals surface area contributed by atoms with E-state index in [-0.39, 0.29) is 0 Å². The number of para-hydroxylation sites is 2. The van der Waals surface area contributed by atoms with Crippen LogP contribution in [0.2, 0.25) is 0 Å². The van der Waals surface area contributed by atoms with E-state index in [9.17, 15) is 0 Å². The molecule has 0 radical (unpaired) electrons. The summed E-state index contributed by atoms with van der Waals surface area (Å²) < 4.78 is 2.33. The molecular weight excluding hydrogens is 208 g/mol. The predicted molar refractivity (Wildman–Crippen MR) is 62.2 cm³/mol. The molecular formula is C12H13ClN2. The topological polar surface area (TPSA) is 17.8 Å². The van der Waals surface area contributed by atoms with Gasteiger partial charge < -0.3 is 4.57 Å². The molecule has 1 aromatic heterocycles. The van der Waals surface area contributed by atoms with Crippen LogP contribution < -0.4 is 0 Å². The summed E-state index contributed by atoms with van der Waals surface area (Å²) in [6.07, 6.45) is 3.87. The van der Waals surface area contributed by atoms with Crippen LogP contribution in [0.25, 0.3) is 11.0 Å². The van der Waals surface area contributed by atoms with Crippen LogP contribution in [0.5, 0.6) is 0 Å². The Morgan fingerprint density at radius 2 is 2.13 bits per heavy atom. The van der Waals surface area contributed by atoms with E-state index < -0.39 is 0 Å². The van der Waals surface area contributed by atoms with Gasteiger partial charge in [-0.25, -0.2) is 4.98 Å². The Balaban J connectivity index is 2.22. The molecule has 0 spiro atoms. The monoisotopic (exact) mass is 220 g/mol. The number of imidazole rings is 1. The molecule has 3 rings (SSSR count). The highest BCUT2D eigenvalue weighted by molar-refractivity contribution is 6.16. The molecule has 15 heavy (non-hydrogen) atoms. The molecule has 2 nitrogen and oxygen atoms in total. The molecule has 1 saturated carbocycles. The maximum atomic E-state index is 5.95. The Hall–Kier alpha value is -1.02. The van der Waals surface area contributed by atoms with Crippen LogP contribution in [0.3, 0.4) is 0 Å². The maximum absolute atomic E-state index is 5.95. The lowest BCUT2D eigenvalue weighted by molar-refractivity contribution is 0.315. The molecule has 0 bridgehead atoms. The molecule has 0 N–H and O–H groups in total. The van der Waals surface area contributed by atoms with Gasteiger partial charge in [0, 0.05) is 6.04 Å². The first-order valence-corrected chi connectivity index (χ1v) is 5.95. The van der Waals surface area contributed by atoms with Crippen molar-refractivity contribution < 1.29 is 0 Å². The van der Waals surface area contributed by atoms with Gasteiger partial charge in [0.15, 0.2) is 0 Å². The van der Waals surface area contributed by atoms with Crippen molar-refractivity contribution in [3.63, 3.8) is 0 Å². The highest BCUT2D eigenvalue weighted by Gasteiger charge is 2.23. The number of rotatable bonds is 2. The van der Waals surface area contributed by atoms with Crippen molar-refractivity contribution >= 4 is 22.6 Å². The third kappa shape index (κ3) is 1.36. The minimum absolute atomic E-state index is 0.505.